The molecule has 0 spiro atoms. The van der Waals surface area contributed by atoms with E-state index in [9.17, 15) is 13.2 Å². The lowest BCUT2D eigenvalue weighted by Crippen LogP contribution is -2.30. The maximum Gasteiger partial charge on any atom is 0.239 e. The molecule has 0 fully saturated rings. The minimum atomic E-state index is -3.56. The van der Waals surface area contributed by atoms with Gasteiger partial charge in [-0.1, -0.05) is 22.9 Å². The molecule has 0 bridgehead atoms. The summed E-state index contributed by atoms with van der Waals surface area (Å²) in [7, 11) is -1.97. The minimum absolute atomic E-state index is 0.132. The van der Waals surface area contributed by atoms with Gasteiger partial charge in [0.25, 0.3) is 0 Å². The monoisotopic (exact) mass is 425 g/mol. The van der Waals surface area contributed by atoms with Gasteiger partial charge in [0, 0.05) is 11.4 Å². The fourth-order valence-corrected chi connectivity index (χ4v) is 4.47. The quantitative estimate of drug-likeness (QED) is 0.564. The average molecular weight is 426 g/mol. The molecule has 2 aromatic carbocycles. The van der Waals surface area contributed by atoms with Gasteiger partial charge >= 0.3 is 0 Å². The number of nitrogens with zero attached hydrogens (tertiary/aromatic N) is 1. The second kappa shape index (κ2) is 8.12. The van der Waals surface area contributed by atoms with Crippen molar-refractivity contribution in [2.75, 3.05) is 18.3 Å². The van der Waals surface area contributed by atoms with Crippen molar-refractivity contribution < 1.29 is 17.9 Å². The number of hydrogen-bond donors (Lipinski definition) is 2. The number of fused-ring (bicyclic) bond motifs is 1. The van der Waals surface area contributed by atoms with Crippen molar-refractivity contribution in [1.29, 1.82) is 0 Å². The van der Waals surface area contributed by atoms with E-state index < -0.39 is 15.7 Å². The molecular formula is C17H16ClN3O4S2. The number of thiazole rings is 1. The second-order valence-corrected chi connectivity index (χ2v) is 9.12. The summed E-state index contributed by atoms with van der Waals surface area (Å²) in [5, 5.41) is 0.941. The predicted molar refractivity (Wildman–Crippen MR) is 106 cm³/mol. The number of aromatic nitrogens is 1. The largest absolute Gasteiger partial charge is 0.497 e. The molecule has 1 amide bonds. The summed E-state index contributed by atoms with van der Waals surface area (Å²) in [6, 6.07) is 11.3. The van der Waals surface area contributed by atoms with Crippen molar-refractivity contribution in [2.45, 2.75) is 11.3 Å². The number of halogens is 1. The number of hydrogen-bond acceptors (Lipinski definition) is 7. The van der Waals surface area contributed by atoms with E-state index in [0.29, 0.717) is 15.9 Å². The van der Waals surface area contributed by atoms with Crippen LogP contribution in [0.3, 0.4) is 0 Å². The van der Waals surface area contributed by atoms with Crippen molar-refractivity contribution in [3.8, 4) is 5.75 Å². The summed E-state index contributed by atoms with van der Waals surface area (Å²) < 4.78 is 30.5. The lowest BCUT2D eigenvalue weighted by molar-refractivity contribution is -0.120. The minimum Gasteiger partial charge on any atom is -0.497 e. The molecule has 0 aliphatic rings. The number of carbonyl (C=O) groups is 1. The fourth-order valence-electron chi connectivity index (χ4n) is 2.26. The topological polar surface area (TPSA) is 97.4 Å². The van der Waals surface area contributed by atoms with Gasteiger partial charge in [-0.25, -0.2) is 13.4 Å². The highest BCUT2D eigenvalue weighted by molar-refractivity contribution is 7.91. The molecule has 142 valence electrons. The smallest absolute Gasteiger partial charge is 0.239 e. The highest BCUT2D eigenvalue weighted by atomic mass is 35.5. The first-order chi connectivity index (χ1) is 12.9. The summed E-state index contributed by atoms with van der Waals surface area (Å²) in [5.74, 6) is -0.0438. The van der Waals surface area contributed by atoms with E-state index in [-0.39, 0.29) is 17.1 Å². The summed E-state index contributed by atoms with van der Waals surface area (Å²) >= 11 is 7.10. The van der Waals surface area contributed by atoms with Gasteiger partial charge in [0.15, 0.2) is 9.84 Å². The number of ether oxygens (including phenoxy) is 1. The van der Waals surface area contributed by atoms with Crippen LogP contribution in [0, 0.1) is 0 Å². The molecule has 27 heavy (non-hydrogen) atoms. The first-order valence-electron chi connectivity index (χ1n) is 7.85. The first kappa shape index (κ1) is 19.4. The normalized spacial score (nSPS) is 11.3. The van der Waals surface area contributed by atoms with Gasteiger partial charge in [0.2, 0.25) is 11.0 Å². The Kier molecular flexibility index (Phi) is 5.83. The van der Waals surface area contributed by atoms with Crippen molar-refractivity contribution in [3.05, 3.63) is 47.5 Å². The Morgan fingerprint density at radius 1 is 1.22 bits per heavy atom. The Balaban J connectivity index is 1.56. The molecule has 0 saturated carbocycles. The van der Waals surface area contributed by atoms with Gasteiger partial charge in [0.05, 0.1) is 28.0 Å². The van der Waals surface area contributed by atoms with Gasteiger partial charge in [-0.3, -0.25) is 15.6 Å². The molecule has 3 aromatic rings. The standard InChI is InChI=1S/C17H16ClN3O4S2/c1-25-12-4-7-14-15(10-12)26-17(19-14)21-20-16(22)8-9-27(23,24)13-5-2-11(18)3-6-13/h2-7,10H,8-9H2,1H3,(H,19,21)(H,20,22). The maximum absolute atomic E-state index is 12.2. The Morgan fingerprint density at radius 3 is 2.67 bits per heavy atom. The van der Waals surface area contributed by atoms with Crippen LogP contribution in [0.1, 0.15) is 6.42 Å². The van der Waals surface area contributed by atoms with E-state index in [4.69, 9.17) is 16.3 Å². The summed E-state index contributed by atoms with van der Waals surface area (Å²) in [4.78, 5) is 16.4. The molecule has 1 aromatic heterocycles. The number of anilines is 1. The summed E-state index contributed by atoms with van der Waals surface area (Å²) in [6.45, 7) is 0. The lowest BCUT2D eigenvalue weighted by Gasteiger charge is -2.06. The van der Waals surface area contributed by atoms with E-state index >= 15 is 0 Å². The molecule has 0 aliphatic heterocycles. The number of rotatable bonds is 7. The van der Waals surface area contributed by atoms with E-state index in [1.54, 1.807) is 13.2 Å². The Labute approximate surface area is 165 Å². The van der Waals surface area contributed by atoms with Crippen LogP contribution in [-0.4, -0.2) is 32.2 Å². The van der Waals surface area contributed by atoms with Crippen LogP contribution in [0.5, 0.6) is 5.75 Å². The molecule has 2 N–H and O–H groups in total. The lowest BCUT2D eigenvalue weighted by atomic mass is 10.3. The van der Waals surface area contributed by atoms with Crippen LogP contribution in [0.15, 0.2) is 47.4 Å². The van der Waals surface area contributed by atoms with Gasteiger partial charge in [-0.2, -0.15) is 0 Å². The first-order valence-corrected chi connectivity index (χ1v) is 10.7. The highest BCUT2D eigenvalue weighted by Crippen LogP contribution is 2.28. The van der Waals surface area contributed by atoms with E-state index in [1.807, 2.05) is 12.1 Å². The number of sulfone groups is 1. The SMILES string of the molecule is COc1ccc2nc(NNC(=O)CCS(=O)(=O)c3ccc(Cl)cc3)sc2c1. The third-order valence-corrected chi connectivity index (χ3v) is 6.59. The molecule has 0 unspecified atom stereocenters. The van der Waals surface area contributed by atoms with Crippen molar-refractivity contribution in [3.63, 3.8) is 0 Å². The van der Waals surface area contributed by atoms with Crippen LogP contribution < -0.4 is 15.6 Å². The average Bonchev–Trinajstić information content (AvgIpc) is 3.07. The van der Waals surface area contributed by atoms with Gasteiger partial charge < -0.3 is 4.74 Å². The molecule has 1 heterocycles. The van der Waals surface area contributed by atoms with Crippen LogP contribution in [0.4, 0.5) is 5.13 Å². The zero-order valence-electron chi connectivity index (χ0n) is 14.2. The van der Waals surface area contributed by atoms with Crippen LogP contribution in [-0.2, 0) is 14.6 Å². The third-order valence-electron chi connectivity index (χ3n) is 3.68. The van der Waals surface area contributed by atoms with Crippen LogP contribution in [0.25, 0.3) is 10.2 Å². The number of benzene rings is 2. The zero-order valence-corrected chi connectivity index (χ0v) is 16.6. The maximum atomic E-state index is 12.2. The number of methoxy groups -OCH3 is 1. The fraction of sp³-hybridized carbons (Fsp3) is 0.176. The molecular weight excluding hydrogens is 410 g/mol. The number of carbonyl (C=O) groups excluding carboxylic acids is 1. The molecule has 10 heteroatoms. The van der Waals surface area contributed by atoms with Crippen molar-refractivity contribution in [2.24, 2.45) is 0 Å². The number of hydrazine groups is 1. The molecule has 0 saturated heterocycles. The van der Waals surface area contributed by atoms with Gasteiger partial charge in [-0.05, 0) is 42.5 Å². The van der Waals surface area contributed by atoms with Gasteiger partial charge in [-0.15, -0.1) is 0 Å². The summed E-state index contributed by atoms with van der Waals surface area (Å²) in [5.41, 5.74) is 5.94. The predicted octanol–water partition coefficient (Wildman–Crippen LogP) is 3.27. The zero-order chi connectivity index (χ0) is 19.4. The Hall–Kier alpha value is -2.36. The molecule has 3 rings (SSSR count). The van der Waals surface area contributed by atoms with Crippen LogP contribution >= 0.6 is 22.9 Å². The molecule has 7 nitrogen and oxygen atoms in total. The Morgan fingerprint density at radius 2 is 1.96 bits per heavy atom. The number of nitrogens with one attached hydrogen (secondary N) is 2. The highest BCUT2D eigenvalue weighted by Gasteiger charge is 2.16. The van der Waals surface area contributed by atoms with E-state index in [1.165, 1.54) is 35.6 Å². The van der Waals surface area contributed by atoms with E-state index in [0.717, 1.165) is 10.2 Å². The van der Waals surface area contributed by atoms with Crippen LogP contribution in [0.2, 0.25) is 5.02 Å². The second-order valence-electron chi connectivity index (χ2n) is 5.55. The van der Waals surface area contributed by atoms with Crippen molar-refractivity contribution in [1.82, 2.24) is 10.4 Å². The Bertz CT molecular complexity index is 1070. The van der Waals surface area contributed by atoms with Crippen molar-refractivity contribution >= 4 is 54.0 Å². The molecule has 0 atom stereocenters. The van der Waals surface area contributed by atoms with Gasteiger partial charge in [0.1, 0.15) is 5.75 Å². The third kappa shape index (κ3) is 4.88. The molecule has 0 radical (unpaired) electrons. The number of amides is 1. The molecule has 0 aliphatic carbocycles. The summed E-state index contributed by atoms with van der Waals surface area (Å²) in [6.07, 6.45) is -0.184. The van der Waals surface area contributed by atoms with E-state index in [2.05, 4.69) is 15.8 Å².